The molecule has 1 aromatic carbocycles. The van der Waals surface area contributed by atoms with Crippen LogP contribution in [0.3, 0.4) is 0 Å². The van der Waals surface area contributed by atoms with Crippen LogP contribution >= 0.6 is 0 Å². The van der Waals surface area contributed by atoms with Crippen molar-refractivity contribution in [2.24, 2.45) is 0 Å². The number of unbranched alkanes of at least 4 members (excludes halogenated alkanes) is 5. The van der Waals surface area contributed by atoms with E-state index in [1.165, 1.54) is 25.7 Å². The lowest BCUT2D eigenvalue weighted by molar-refractivity contribution is -0.153. The third-order valence-corrected chi connectivity index (χ3v) is 4.80. The summed E-state index contributed by atoms with van der Waals surface area (Å²) in [5.74, 6) is -0.0917. The molecular weight excluding hydrogens is 338 g/mol. The van der Waals surface area contributed by atoms with Crippen LogP contribution in [0.5, 0.6) is 0 Å². The molecular formula is C23H39NO3. The lowest BCUT2D eigenvalue weighted by Crippen LogP contribution is -2.37. The number of carbonyl (C=O) groups excluding carboxylic acids is 1. The monoisotopic (exact) mass is 377 g/mol. The Labute approximate surface area is 166 Å². The van der Waals surface area contributed by atoms with Gasteiger partial charge in [0.25, 0.3) is 0 Å². The van der Waals surface area contributed by atoms with Gasteiger partial charge in [0.2, 0.25) is 0 Å². The maximum Gasteiger partial charge on any atom is 0.306 e. The predicted octanol–water partition coefficient (Wildman–Crippen LogP) is 5.21. The first-order valence-corrected chi connectivity index (χ1v) is 10.7. The number of carbonyl (C=O) groups is 1. The van der Waals surface area contributed by atoms with Gasteiger partial charge >= 0.3 is 5.97 Å². The molecule has 27 heavy (non-hydrogen) atoms. The molecule has 0 spiro atoms. The van der Waals surface area contributed by atoms with Gasteiger partial charge in [-0.05, 0) is 25.1 Å². The second kappa shape index (κ2) is 15.6. The maximum absolute atomic E-state index is 12.2. The molecule has 0 radical (unpaired) electrons. The van der Waals surface area contributed by atoms with Crippen molar-refractivity contribution in [3.8, 4) is 0 Å². The van der Waals surface area contributed by atoms with Crippen LogP contribution in [0.25, 0.3) is 0 Å². The largest absolute Gasteiger partial charge is 0.459 e. The van der Waals surface area contributed by atoms with Crippen LogP contribution in [0.2, 0.25) is 0 Å². The van der Waals surface area contributed by atoms with Crippen LogP contribution in [0.1, 0.15) is 71.3 Å². The molecule has 4 heteroatoms. The summed E-state index contributed by atoms with van der Waals surface area (Å²) in [6.45, 7) is 10.1. The summed E-state index contributed by atoms with van der Waals surface area (Å²) >= 11 is 0. The van der Waals surface area contributed by atoms with Gasteiger partial charge < -0.3 is 14.4 Å². The number of rotatable bonds is 16. The van der Waals surface area contributed by atoms with E-state index in [0.29, 0.717) is 19.6 Å². The lowest BCUT2D eigenvalue weighted by Gasteiger charge is -2.25. The fourth-order valence-corrected chi connectivity index (χ4v) is 3.07. The van der Waals surface area contributed by atoms with Crippen LogP contribution in [0.4, 0.5) is 0 Å². The highest BCUT2D eigenvalue weighted by Gasteiger charge is 2.17. The van der Waals surface area contributed by atoms with Gasteiger partial charge in [0.15, 0.2) is 0 Å². The number of hydrogen-bond acceptors (Lipinski definition) is 4. The van der Waals surface area contributed by atoms with Crippen molar-refractivity contribution in [1.29, 1.82) is 0 Å². The minimum Gasteiger partial charge on any atom is -0.459 e. The van der Waals surface area contributed by atoms with Gasteiger partial charge in [0, 0.05) is 13.0 Å². The molecule has 1 rings (SSSR count). The van der Waals surface area contributed by atoms with E-state index in [1.807, 2.05) is 30.3 Å². The van der Waals surface area contributed by atoms with Gasteiger partial charge in [-0.1, -0.05) is 83.2 Å². The molecule has 0 heterocycles. The molecule has 0 aromatic heterocycles. The normalized spacial score (nSPS) is 12.3. The molecule has 0 unspecified atom stereocenters. The first kappa shape index (κ1) is 23.6. The number of hydrogen-bond donors (Lipinski definition) is 0. The van der Waals surface area contributed by atoms with Crippen molar-refractivity contribution in [2.75, 3.05) is 26.2 Å². The molecule has 0 saturated heterocycles. The van der Waals surface area contributed by atoms with Crippen molar-refractivity contribution < 1.29 is 14.3 Å². The zero-order valence-electron chi connectivity index (χ0n) is 17.6. The molecule has 4 nitrogen and oxygen atoms in total. The molecule has 1 atom stereocenters. The molecule has 1 aromatic rings. The summed E-state index contributed by atoms with van der Waals surface area (Å²) < 4.78 is 11.6. The average molecular weight is 378 g/mol. The van der Waals surface area contributed by atoms with Crippen LogP contribution in [-0.4, -0.2) is 43.2 Å². The standard InChI is InChI=1S/C23H39NO3/c1-4-7-8-9-10-14-17-23(25)27-22(18-24(5-2)6-3)20-26-19-21-15-12-11-13-16-21/h11-13,15-16,22H,4-10,14,17-20H2,1-3H3/t22-/m0/s1. The summed E-state index contributed by atoms with van der Waals surface area (Å²) in [6, 6.07) is 10.1. The molecule has 0 bridgehead atoms. The molecule has 0 fully saturated rings. The molecule has 0 aliphatic carbocycles. The number of benzene rings is 1. The van der Waals surface area contributed by atoms with E-state index < -0.39 is 0 Å². The summed E-state index contributed by atoms with van der Waals surface area (Å²) in [5, 5.41) is 0. The Hall–Kier alpha value is -1.39. The van der Waals surface area contributed by atoms with E-state index in [9.17, 15) is 4.79 Å². The number of nitrogens with zero attached hydrogens (tertiary/aromatic N) is 1. The minimum absolute atomic E-state index is 0.0917. The molecule has 0 amide bonds. The van der Waals surface area contributed by atoms with Crippen molar-refractivity contribution >= 4 is 5.97 Å². The molecule has 0 N–H and O–H groups in total. The van der Waals surface area contributed by atoms with Gasteiger partial charge in [-0.15, -0.1) is 0 Å². The van der Waals surface area contributed by atoms with Crippen LogP contribution in [0, 0.1) is 0 Å². The topological polar surface area (TPSA) is 38.8 Å². The second-order valence-corrected chi connectivity index (χ2v) is 7.12. The van der Waals surface area contributed by atoms with Crippen molar-refractivity contribution in [3.05, 3.63) is 35.9 Å². The summed E-state index contributed by atoms with van der Waals surface area (Å²) in [4.78, 5) is 14.5. The van der Waals surface area contributed by atoms with Gasteiger partial charge in [0.05, 0.1) is 13.2 Å². The highest BCUT2D eigenvalue weighted by atomic mass is 16.6. The highest BCUT2D eigenvalue weighted by molar-refractivity contribution is 5.69. The third kappa shape index (κ3) is 11.8. The Balaban J connectivity index is 2.37. The van der Waals surface area contributed by atoms with Crippen LogP contribution < -0.4 is 0 Å². The molecule has 154 valence electrons. The highest BCUT2D eigenvalue weighted by Crippen LogP contribution is 2.10. The Morgan fingerprint density at radius 1 is 0.963 bits per heavy atom. The maximum atomic E-state index is 12.2. The van der Waals surface area contributed by atoms with Crippen molar-refractivity contribution in [3.63, 3.8) is 0 Å². The first-order valence-electron chi connectivity index (χ1n) is 10.7. The van der Waals surface area contributed by atoms with E-state index >= 15 is 0 Å². The Morgan fingerprint density at radius 2 is 1.63 bits per heavy atom. The summed E-state index contributed by atoms with van der Waals surface area (Å²) in [7, 11) is 0. The van der Waals surface area contributed by atoms with E-state index in [2.05, 4.69) is 25.7 Å². The molecule has 0 aliphatic heterocycles. The second-order valence-electron chi connectivity index (χ2n) is 7.12. The third-order valence-electron chi connectivity index (χ3n) is 4.80. The number of esters is 1. The first-order chi connectivity index (χ1) is 13.2. The van der Waals surface area contributed by atoms with E-state index in [-0.39, 0.29) is 12.1 Å². The Kier molecular flexibility index (Phi) is 13.7. The zero-order chi connectivity index (χ0) is 19.7. The quantitative estimate of drug-likeness (QED) is 0.293. The SMILES string of the molecule is CCCCCCCCC(=O)O[C@H](COCc1ccccc1)CN(CC)CC. The smallest absolute Gasteiger partial charge is 0.306 e. The zero-order valence-corrected chi connectivity index (χ0v) is 17.6. The Morgan fingerprint density at radius 3 is 2.30 bits per heavy atom. The summed E-state index contributed by atoms with van der Waals surface area (Å²) in [6.07, 6.45) is 7.35. The average Bonchev–Trinajstić information content (AvgIpc) is 2.69. The van der Waals surface area contributed by atoms with E-state index in [0.717, 1.165) is 38.0 Å². The summed E-state index contributed by atoms with van der Waals surface area (Å²) in [5.41, 5.74) is 1.14. The predicted molar refractivity (Wildman–Crippen MR) is 112 cm³/mol. The van der Waals surface area contributed by atoms with Gasteiger partial charge in [0.1, 0.15) is 6.10 Å². The lowest BCUT2D eigenvalue weighted by atomic mass is 10.1. The van der Waals surface area contributed by atoms with Gasteiger partial charge in [-0.3, -0.25) is 4.79 Å². The molecule has 0 aliphatic rings. The van der Waals surface area contributed by atoms with Crippen LogP contribution in [-0.2, 0) is 20.9 Å². The molecule has 0 saturated carbocycles. The fourth-order valence-electron chi connectivity index (χ4n) is 3.07. The number of likely N-dealkylation sites (N-methyl/N-ethyl adjacent to an activating group) is 1. The van der Waals surface area contributed by atoms with Crippen molar-refractivity contribution in [1.82, 2.24) is 4.90 Å². The fraction of sp³-hybridized carbons (Fsp3) is 0.696. The van der Waals surface area contributed by atoms with Crippen molar-refractivity contribution in [2.45, 2.75) is 78.4 Å². The minimum atomic E-state index is -0.207. The number of ether oxygens (including phenoxy) is 2. The van der Waals surface area contributed by atoms with Gasteiger partial charge in [-0.2, -0.15) is 0 Å². The van der Waals surface area contributed by atoms with E-state index in [4.69, 9.17) is 9.47 Å². The van der Waals surface area contributed by atoms with E-state index in [1.54, 1.807) is 0 Å². The Bertz CT molecular complexity index is 474. The van der Waals surface area contributed by atoms with Gasteiger partial charge in [-0.25, -0.2) is 0 Å². The van der Waals surface area contributed by atoms with Crippen LogP contribution in [0.15, 0.2) is 30.3 Å².